The molecule has 3 aromatic carbocycles. The van der Waals surface area contributed by atoms with Crippen molar-refractivity contribution in [3.8, 4) is 17.2 Å². The van der Waals surface area contributed by atoms with E-state index in [1.165, 1.54) is 33.6 Å². The number of fused-ring (bicyclic) bond motifs is 1. The van der Waals surface area contributed by atoms with E-state index in [9.17, 15) is 14.7 Å². The molecule has 0 bridgehead atoms. The SMILES string of the molecule is C=CCOc1cccc([C@H]2C(=C(O)c3ccc4c(c3)OCCO4)C(=O)C(=O)N2c2nnc(SCc3ccc(C)cc3)s2)c1. The number of aryl methyl sites for hydroxylation is 1. The molecule has 1 fully saturated rings. The minimum Gasteiger partial charge on any atom is -0.507 e. The van der Waals surface area contributed by atoms with E-state index in [-0.39, 0.29) is 23.1 Å². The van der Waals surface area contributed by atoms with Crippen LogP contribution in [0.5, 0.6) is 17.2 Å². The van der Waals surface area contributed by atoms with Gasteiger partial charge in [0.05, 0.1) is 11.6 Å². The van der Waals surface area contributed by atoms with E-state index in [4.69, 9.17) is 14.2 Å². The maximum atomic E-state index is 13.6. The monoisotopic (exact) mass is 613 g/mol. The smallest absolute Gasteiger partial charge is 0.301 e. The molecule has 0 radical (unpaired) electrons. The van der Waals surface area contributed by atoms with Crippen LogP contribution < -0.4 is 19.1 Å². The van der Waals surface area contributed by atoms with E-state index in [1.54, 1.807) is 48.5 Å². The largest absolute Gasteiger partial charge is 0.507 e. The van der Waals surface area contributed by atoms with Gasteiger partial charge in [-0.15, -0.1) is 10.2 Å². The first-order chi connectivity index (χ1) is 20.9. The van der Waals surface area contributed by atoms with Crippen molar-refractivity contribution in [1.82, 2.24) is 10.2 Å². The van der Waals surface area contributed by atoms with Crippen LogP contribution in [0.3, 0.4) is 0 Å². The Bertz CT molecular complexity index is 1730. The van der Waals surface area contributed by atoms with Crippen molar-refractivity contribution in [3.05, 3.63) is 107 Å². The molecule has 6 rings (SSSR count). The fourth-order valence-corrected chi connectivity index (χ4v) is 6.63. The average Bonchev–Trinajstić information content (AvgIpc) is 3.61. The maximum absolute atomic E-state index is 13.6. The third-order valence-corrected chi connectivity index (χ3v) is 9.01. The van der Waals surface area contributed by atoms with E-state index in [0.29, 0.717) is 51.7 Å². The molecule has 1 atom stereocenters. The molecule has 218 valence electrons. The molecule has 0 saturated carbocycles. The summed E-state index contributed by atoms with van der Waals surface area (Å²) in [6, 6.07) is 19.2. The standard InChI is InChI=1S/C32H27N3O6S2/c1-3-13-39-23-6-4-5-21(16-23)27-26(28(36)22-11-12-24-25(17-22)41-15-14-40-24)29(37)30(38)35(27)31-33-34-32(43-31)42-18-20-9-7-19(2)8-10-20/h3-12,16-17,27,36H,1,13-15,18H2,2H3/t27-/m0/s1. The van der Waals surface area contributed by atoms with Crippen molar-refractivity contribution in [3.63, 3.8) is 0 Å². The number of Topliss-reactive ketones (excluding diaryl/α,β-unsaturated/α-hetero) is 1. The van der Waals surface area contributed by atoms with Gasteiger partial charge in [0, 0.05) is 11.3 Å². The second-order valence-electron chi connectivity index (χ2n) is 9.82. The predicted octanol–water partition coefficient (Wildman–Crippen LogP) is 6.10. The Balaban J connectivity index is 1.39. The van der Waals surface area contributed by atoms with Crippen LogP contribution in [-0.4, -0.2) is 46.8 Å². The second-order valence-corrected chi connectivity index (χ2v) is 12.0. The highest BCUT2D eigenvalue weighted by Gasteiger charge is 2.48. The van der Waals surface area contributed by atoms with E-state index in [2.05, 4.69) is 41.0 Å². The van der Waals surface area contributed by atoms with Gasteiger partial charge in [0.2, 0.25) is 5.13 Å². The number of amides is 1. The van der Waals surface area contributed by atoms with Gasteiger partial charge in [0.15, 0.2) is 15.8 Å². The first kappa shape index (κ1) is 28.5. The molecule has 1 saturated heterocycles. The number of hydrogen-bond donors (Lipinski definition) is 1. The summed E-state index contributed by atoms with van der Waals surface area (Å²) in [7, 11) is 0. The summed E-state index contributed by atoms with van der Waals surface area (Å²) in [5, 5.41) is 20.4. The summed E-state index contributed by atoms with van der Waals surface area (Å²) in [4.78, 5) is 28.5. The summed E-state index contributed by atoms with van der Waals surface area (Å²) in [5.41, 5.74) is 3.11. The molecule has 3 heterocycles. The quantitative estimate of drug-likeness (QED) is 0.0598. The highest BCUT2D eigenvalue weighted by molar-refractivity contribution is 8.00. The van der Waals surface area contributed by atoms with Gasteiger partial charge in [-0.2, -0.15) is 0 Å². The Morgan fingerprint density at radius 3 is 2.67 bits per heavy atom. The zero-order valence-corrected chi connectivity index (χ0v) is 24.8. The van der Waals surface area contributed by atoms with Gasteiger partial charge < -0.3 is 19.3 Å². The lowest BCUT2D eigenvalue weighted by Gasteiger charge is -2.23. The predicted molar refractivity (Wildman–Crippen MR) is 165 cm³/mol. The summed E-state index contributed by atoms with van der Waals surface area (Å²) in [5.74, 6) is 0.195. The van der Waals surface area contributed by atoms with Crippen LogP contribution in [0.15, 0.2) is 89.3 Å². The van der Waals surface area contributed by atoms with Crippen LogP contribution in [0.4, 0.5) is 5.13 Å². The molecule has 4 aromatic rings. The number of rotatable bonds is 9. The number of hydrogen-bond acceptors (Lipinski definition) is 10. The van der Waals surface area contributed by atoms with Crippen molar-refractivity contribution < 1.29 is 28.9 Å². The van der Waals surface area contributed by atoms with Crippen LogP contribution in [0, 0.1) is 6.92 Å². The van der Waals surface area contributed by atoms with Gasteiger partial charge in [0.1, 0.15) is 31.3 Å². The third kappa shape index (κ3) is 5.86. The lowest BCUT2D eigenvalue weighted by atomic mass is 9.95. The zero-order chi connectivity index (χ0) is 29.9. The van der Waals surface area contributed by atoms with Crippen molar-refractivity contribution in [2.45, 2.75) is 23.1 Å². The topological polar surface area (TPSA) is 111 Å². The lowest BCUT2D eigenvalue weighted by molar-refractivity contribution is -0.132. The number of aliphatic hydroxyl groups is 1. The molecule has 11 heteroatoms. The molecule has 0 aliphatic carbocycles. The van der Waals surface area contributed by atoms with Gasteiger partial charge in [-0.3, -0.25) is 14.5 Å². The van der Waals surface area contributed by atoms with Gasteiger partial charge in [-0.25, -0.2) is 0 Å². The van der Waals surface area contributed by atoms with Crippen LogP contribution in [-0.2, 0) is 15.3 Å². The Kier molecular flexibility index (Phi) is 8.17. The number of aromatic nitrogens is 2. The Morgan fingerprint density at radius 1 is 1.09 bits per heavy atom. The highest BCUT2D eigenvalue weighted by atomic mass is 32.2. The van der Waals surface area contributed by atoms with E-state index < -0.39 is 17.7 Å². The lowest BCUT2D eigenvalue weighted by Crippen LogP contribution is -2.29. The highest BCUT2D eigenvalue weighted by Crippen LogP contribution is 2.45. The molecule has 2 aliphatic rings. The Hall–Kier alpha value is -4.61. The molecule has 2 aliphatic heterocycles. The number of carbonyl (C=O) groups is 2. The summed E-state index contributed by atoms with van der Waals surface area (Å²) in [6.45, 7) is 6.78. The number of carbonyl (C=O) groups excluding carboxylic acids is 2. The van der Waals surface area contributed by atoms with Gasteiger partial charge >= 0.3 is 5.91 Å². The number of aliphatic hydroxyl groups excluding tert-OH is 1. The molecule has 1 aromatic heterocycles. The first-order valence-corrected chi connectivity index (χ1v) is 15.3. The Morgan fingerprint density at radius 2 is 1.88 bits per heavy atom. The number of thioether (sulfide) groups is 1. The minimum absolute atomic E-state index is 0.0772. The number of anilines is 1. The van der Waals surface area contributed by atoms with E-state index >= 15 is 0 Å². The van der Waals surface area contributed by atoms with E-state index in [1.807, 2.05) is 6.92 Å². The van der Waals surface area contributed by atoms with Gasteiger partial charge in [0.25, 0.3) is 5.78 Å². The van der Waals surface area contributed by atoms with Crippen LogP contribution in [0.2, 0.25) is 0 Å². The Labute approximate surface area is 256 Å². The van der Waals surface area contributed by atoms with Gasteiger partial charge in [-0.1, -0.05) is 77.7 Å². The first-order valence-electron chi connectivity index (χ1n) is 13.5. The summed E-state index contributed by atoms with van der Waals surface area (Å²) < 4.78 is 17.7. The molecule has 43 heavy (non-hydrogen) atoms. The molecular formula is C32H27N3O6S2. The second kappa shape index (κ2) is 12.3. The van der Waals surface area contributed by atoms with Crippen molar-refractivity contribution in [1.29, 1.82) is 0 Å². The zero-order valence-electron chi connectivity index (χ0n) is 23.2. The van der Waals surface area contributed by atoms with Crippen molar-refractivity contribution in [2.24, 2.45) is 0 Å². The fraction of sp³-hybridized carbons (Fsp3) is 0.188. The molecule has 9 nitrogen and oxygen atoms in total. The normalized spacial score (nSPS) is 17.2. The number of ketones is 1. The number of nitrogens with zero attached hydrogens (tertiary/aromatic N) is 3. The molecule has 0 unspecified atom stereocenters. The molecular weight excluding hydrogens is 587 g/mol. The number of benzene rings is 3. The maximum Gasteiger partial charge on any atom is 0.301 e. The van der Waals surface area contributed by atoms with Crippen LogP contribution in [0.1, 0.15) is 28.3 Å². The average molecular weight is 614 g/mol. The summed E-state index contributed by atoms with van der Waals surface area (Å²) >= 11 is 2.70. The minimum atomic E-state index is -0.983. The van der Waals surface area contributed by atoms with Crippen molar-refractivity contribution >= 4 is 45.7 Å². The molecule has 0 spiro atoms. The number of ether oxygens (including phenoxy) is 3. The van der Waals surface area contributed by atoms with Crippen molar-refractivity contribution in [2.75, 3.05) is 24.7 Å². The van der Waals surface area contributed by atoms with Crippen LogP contribution in [0.25, 0.3) is 5.76 Å². The fourth-order valence-electron chi connectivity index (χ4n) is 4.81. The molecule has 1 amide bonds. The van der Waals surface area contributed by atoms with E-state index in [0.717, 1.165) is 5.56 Å². The molecule has 1 N–H and O–H groups in total. The van der Waals surface area contributed by atoms with Crippen LogP contribution >= 0.6 is 23.1 Å². The van der Waals surface area contributed by atoms with Gasteiger partial charge in [-0.05, 0) is 48.4 Å². The summed E-state index contributed by atoms with van der Waals surface area (Å²) in [6.07, 6.45) is 1.62. The third-order valence-electron chi connectivity index (χ3n) is 6.89.